The van der Waals surface area contributed by atoms with E-state index in [1.165, 1.54) is 18.4 Å². The van der Waals surface area contributed by atoms with E-state index in [0.717, 1.165) is 5.56 Å². The highest BCUT2D eigenvalue weighted by Gasteiger charge is 2.19. The van der Waals surface area contributed by atoms with Crippen molar-refractivity contribution in [2.24, 2.45) is 0 Å². The van der Waals surface area contributed by atoms with Crippen LogP contribution >= 0.6 is 0 Å². The predicted molar refractivity (Wildman–Crippen MR) is 92.3 cm³/mol. The predicted octanol–water partition coefficient (Wildman–Crippen LogP) is 3.77. The van der Waals surface area contributed by atoms with Gasteiger partial charge in [0.15, 0.2) is 5.76 Å². The van der Waals surface area contributed by atoms with Gasteiger partial charge in [-0.05, 0) is 24.6 Å². The summed E-state index contributed by atoms with van der Waals surface area (Å²) in [6.07, 6.45) is 1.25. The summed E-state index contributed by atoms with van der Waals surface area (Å²) >= 11 is 0. The van der Waals surface area contributed by atoms with Crippen LogP contribution in [0.15, 0.2) is 64.0 Å². The van der Waals surface area contributed by atoms with Crippen LogP contribution in [0.4, 0.5) is 0 Å². The number of hydrogen-bond acceptors (Lipinski definition) is 5. The molecule has 0 spiro atoms. The monoisotopic (exact) mass is 333 g/mol. The molecule has 1 aromatic heterocycles. The molecular weight excluding hydrogens is 318 g/mol. The fourth-order valence-electron chi connectivity index (χ4n) is 2.46. The van der Waals surface area contributed by atoms with Crippen molar-refractivity contribution < 1.29 is 14.3 Å². The van der Waals surface area contributed by atoms with Gasteiger partial charge in [-0.3, -0.25) is 4.79 Å². The molecule has 0 atom stereocenters. The summed E-state index contributed by atoms with van der Waals surface area (Å²) in [5, 5.41) is 19.4. The molecule has 1 heterocycles. The Morgan fingerprint density at radius 3 is 2.64 bits per heavy atom. The Labute approximate surface area is 144 Å². The van der Waals surface area contributed by atoms with Gasteiger partial charge >= 0.3 is 0 Å². The maximum Gasteiger partial charge on any atom is 0.227 e. The highest BCUT2D eigenvalue weighted by atomic mass is 16.5. The van der Waals surface area contributed by atoms with Crippen LogP contribution in [0.2, 0.25) is 0 Å². The largest absolute Gasteiger partial charge is 0.507 e. The van der Waals surface area contributed by atoms with Gasteiger partial charge in [0.2, 0.25) is 11.2 Å². The first-order valence-electron chi connectivity index (χ1n) is 7.63. The average molecular weight is 333 g/mol. The van der Waals surface area contributed by atoms with E-state index >= 15 is 0 Å². The van der Waals surface area contributed by atoms with Crippen molar-refractivity contribution in [1.82, 2.24) is 0 Å². The molecule has 124 valence electrons. The zero-order valence-electron chi connectivity index (χ0n) is 13.5. The molecule has 3 rings (SSSR count). The van der Waals surface area contributed by atoms with Crippen molar-refractivity contribution in [2.45, 2.75) is 13.5 Å². The van der Waals surface area contributed by atoms with Gasteiger partial charge in [0, 0.05) is 11.6 Å². The molecule has 5 heteroatoms. The summed E-state index contributed by atoms with van der Waals surface area (Å²) in [5.74, 6) is 0.0391. The second kappa shape index (κ2) is 6.93. The van der Waals surface area contributed by atoms with Gasteiger partial charge in [-0.25, -0.2) is 0 Å². The van der Waals surface area contributed by atoms with Crippen LogP contribution in [-0.4, -0.2) is 5.11 Å². The van der Waals surface area contributed by atoms with Crippen LogP contribution in [0.5, 0.6) is 11.5 Å². The molecule has 0 saturated heterocycles. The van der Waals surface area contributed by atoms with E-state index in [4.69, 9.17) is 14.4 Å². The topological polar surface area (TPSA) is 83.5 Å². The molecule has 1 N–H and O–H groups in total. The quantitative estimate of drug-likeness (QED) is 0.785. The molecule has 0 saturated carbocycles. The minimum atomic E-state index is -0.349. The summed E-state index contributed by atoms with van der Waals surface area (Å²) < 4.78 is 11.1. The van der Waals surface area contributed by atoms with Crippen molar-refractivity contribution in [3.05, 3.63) is 81.7 Å². The molecule has 3 aromatic rings. The lowest BCUT2D eigenvalue weighted by atomic mass is 10.0. The first kappa shape index (κ1) is 16.3. The van der Waals surface area contributed by atoms with E-state index in [9.17, 15) is 9.90 Å². The average Bonchev–Trinajstić information content (AvgIpc) is 2.64. The first-order valence-corrected chi connectivity index (χ1v) is 7.63. The lowest BCUT2D eigenvalue weighted by Gasteiger charge is -2.12. The molecule has 5 nitrogen and oxygen atoms in total. The first-order chi connectivity index (χ1) is 12.1. The fourth-order valence-corrected chi connectivity index (χ4v) is 2.46. The molecule has 0 aliphatic carbocycles. The van der Waals surface area contributed by atoms with Crippen molar-refractivity contribution in [1.29, 1.82) is 5.26 Å². The van der Waals surface area contributed by atoms with Gasteiger partial charge in [0.05, 0.1) is 23.5 Å². The molecule has 0 radical (unpaired) electrons. The zero-order valence-corrected chi connectivity index (χ0v) is 13.5. The Morgan fingerprint density at radius 2 is 1.92 bits per heavy atom. The third-order valence-corrected chi connectivity index (χ3v) is 3.86. The molecule has 0 unspecified atom stereocenters. The van der Waals surface area contributed by atoms with Gasteiger partial charge in [0.1, 0.15) is 12.4 Å². The number of phenolic OH excluding ortho intramolecular Hbond substituents is 1. The highest BCUT2D eigenvalue weighted by molar-refractivity contribution is 5.73. The number of nitrogens with zero attached hydrogens (tertiary/aromatic N) is 1. The van der Waals surface area contributed by atoms with Gasteiger partial charge in [-0.2, -0.15) is 5.26 Å². The number of ether oxygens (including phenoxy) is 1. The number of benzene rings is 2. The second-order valence-electron chi connectivity index (χ2n) is 5.46. The van der Waals surface area contributed by atoms with Crippen LogP contribution in [-0.2, 0) is 6.61 Å². The Morgan fingerprint density at radius 1 is 1.16 bits per heavy atom. The maximum absolute atomic E-state index is 12.2. The molecule has 0 aliphatic heterocycles. The standard InChI is InChI=1S/C20H15NO4/c1-13-15(11-21)7-8-16(18(13)23)19-20(17(22)9-10-24-19)25-12-14-5-3-2-4-6-14/h2-10,23H,12H2,1H3. The van der Waals surface area contributed by atoms with Crippen LogP contribution in [0.1, 0.15) is 16.7 Å². The van der Waals surface area contributed by atoms with E-state index in [1.807, 2.05) is 36.4 Å². The fraction of sp³-hybridized carbons (Fsp3) is 0.100. The third-order valence-electron chi connectivity index (χ3n) is 3.86. The molecule has 2 aromatic carbocycles. The Hall–Kier alpha value is -3.52. The second-order valence-corrected chi connectivity index (χ2v) is 5.46. The number of hydrogen-bond donors (Lipinski definition) is 1. The molecule has 0 fully saturated rings. The Balaban J connectivity index is 2.04. The van der Waals surface area contributed by atoms with Gasteiger partial charge < -0.3 is 14.3 Å². The van der Waals surface area contributed by atoms with Crippen molar-refractivity contribution in [2.75, 3.05) is 0 Å². The number of nitriles is 1. The minimum absolute atomic E-state index is 0.0192. The highest BCUT2D eigenvalue weighted by Crippen LogP contribution is 2.37. The van der Waals surface area contributed by atoms with Gasteiger partial charge in [-0.15, -0.1) is 0 Å². The molecule has 0 bridgehead atoms. The summed E-state index contributed by atoms with van der Waals surface area (Å²) in [7, 11) is 0. The SMILES string of the molecule is Cc1c(C#N)ccc(-c2occc(=O)c2OCc2ccccc2)c1O. The van der Waals surface area contributed by atoms with E-state index in [2.05, 4.69) is 0 Å². The van der Waals surface area contributed by atoms with Crippen molar-refractivity contribution in [3.63, 3.8) is 0 Å². The summed E-state index contributed by atoms with van der Waals surface area (Å²) in [6, 6.07) is 15.8. The summed E-state index contributed by atoms with van der Waals surface area (Å²) in [5.41, 5.74) is 1.62. The molecule has 0 amide bonds. The number of aromatic hydroxyl groups is 1. The van der Waals surface area contributed by atoms with Crippen LogP contribution in [0.3, 0.4) is 0 Å². The van der Waals surface area contributed by atoms with Crippen LogP contribution < -0.4 is 10.2 Å². The zero-order chi connectivity index (χ0) is 17.8. The molecule has 0 aliphatic rings. The smallest absolute Gasteiger partial charge is 0.227 e. The normalized spacial score (nSPS) is 10.2. The summed E-state index contributed by atoms with van der Waals surface area (Å²) in [4.78, 5) is 12.2. The van der Waals surface area contributed by atoms with E-state index in [0.29, 0.717) is 16.7 Å². The van der Waals surface area contributed by atoms with Crippen molar-refractivity contribution >= 4 is 0 Å². The number of rotatable bonds is 4. The van der Waals surface area contributed by atoms with E-state index in [-0.39, 0.29) is 29.3 Å². The van der Waals surface area contributed by atoms with E-state index in [1.54, 1.807) is 13.0 Å². The maximum atomic E-state index is 12.2. The summed E-state index contributed by atoms with van der Waals surface area (Å²) in [6.45, 7) is 1.82. The minimum Gasteiger partial charge on any atom is -0.507 e. The molecule has 25 heavy (non-hydrogen) atoms. The Kier molecular flexibility index (Phi) is 4.53. The lowest BCUT2D eigenvalue weighted by Crippen LogP contribution is -2.08. The van der Waals surface area contributed by atoms with E-state index < -0.39 is 0 Å². The molecular formula is C20H15NO4. The number of phenols is 1. The van der Waals surface area contributed by atoms with Gasteiger partial charge in [0.25, 0.3) is 0 Å². The third kappa shape index (κ3) is 3.24. The van der Waals surface area contributed by atoms with Crippen molar-refractivity contribution in [3.8, 4) is 28.9 Å². The van der Waals surface area contributed by atoms with Gasteiger partial charge in [-0.1, -0.05) is 30.3 Å². The van der Waals surface area contributed by atoms with Crippen LogP contribution in [0, 0.1) is 18.3 Å². The lowest BCUT2D eigenvalue weighted by molar-refractivity contribution is 0.295. The Bertz CT molecular complexity index is 1000. The van der Waals surface area contributed by atoms with Crippen LogP contribution in [0.25, 0.3) is 11.3 Å².